The molecule has 0 radical (unpaired) electrons. The van der Waals surface area contributed by atoms with Crippen molar-refractivity contribution in [2.24, 2.45) is 0 Å². The van der Waals surface area contributed by atoms with Crippen LogP contribution in [0.2, 0.25) is 0 Å². The molecule has 1 aliphatic rings. The minimum absolute atomic E-state index is 0.150. The van der Waals surface area contributed by atoms with Gasteiger partial charge in [0.2, 0.25) is 0 Å². The third-order valence-corrected chi connectivity index (χ3v) is 8.92. The maximum absolute atomic E-state index is 12.7. The van der Waals surface area contributed by atoms with E-state index in [4.69, 9.17) is 18.9 Å². The van der Waals surface area contributed by atoms with Crippen molar-refractivity contribution in [3.63, 3.8) is 0 Å². The fraction of sp³-hybridized carbons (Fsp3) is 0.721. The highest BCUT2D eigenvalue weighted by atomic mass is 16.7. The number of aliphatic hydroxyl groups excluding tert-OH is 4. The number of aliphatic hydroxyl groups is 4. The van der Waals surface area contributed by atoms with Crippen LogP contribution in [0.4, 0.5) is 0 Å². The Labute approximate surface area is 320 Å². The SMILES string of the molecule is CC/C=C/C/C=C/C/C=C/C/C=C/C/C=C/CCCC(=O)O[C@H](COC(=O)CCCCCCCCCCCCC)CO[C@@H]1O[C@H](CO)[C@H](O)C(O)C1O. The summed E-state index contributed by atoms with van der Waals surface area (Å²) in [5.74, 6) is -0.880. The summed E-state index contributed by atoms with van der Waals surface area (Å²) in [5.41, 5.74) is 0. The van der Waals surface area contributed by atoms with Crippen molar-refractivity contribution >= 4 is 11.9 Å². The molecule has 0 aromatic carbocycles. The molecule has 0 aromatic rings. The zero-order chi connectivity index (χ0) is 38.8. The molecular weight excluding hydrogens is 676 g/mol. The topological polar surface area (TPSA) is 152 Å². The van der Waals surface area contributed by atoms with E-state index in [1.165, 1.54) is 44.9 Å². The number of unbranched alkanes of at least 4 members (excludes halogenated alkanes) is 11. The first kappa shape index (κ1) is 48.4. The predicted molar refractivity (Wildman–Crippen MR) is 210 cm³/mol. The van der Waals surface area contributed by atoms with Crippen molar-refractivity contribution in [2.75, 3.05) is 19.8 Å². The maximum atomic E-state index is 12.7. The van der Waals surface area contributed by atoms with Crippen molar-refractivity contribution in [1.82, 2.24) is 0 Å². The highest BCUT2D eigenvalue weighted by Gasteiger charge is 2.44. The van der Waals surface area contributed by atoms with Crippen LogP contribution in [-0.4, -0.2) is 89.0 Å². The Bertz CT molecular complexity index is 1050. The molecule has 1 aliphatic heterocycles. The second-order valence-corrected chi connectivity index (χ2v) is 13.7. The molecule has 1 fully saturated rings. The normalized spacial score (nSPS) is 21.5. The summed E-state index contributed by atoms with van der Waals surface area (Å²) < 4.78 is 22.0. The summed E-state index contributed by atoms with van der Waals surface area (Å²) in [6.45, 7) is 3.22. The summed E-state index contributed by atoms with van der Waals surface area (Å²) in [4.78, 5) is 25.2. The molecular formula is C43H72O10. The first-order valence-corrected chi connectivity index (χ1v) is 20.4. The number of rotatable bonds is 32. The van der Waals surface area contributed by atoms with Gasteiger partial charge in [-0.3, -0.25) is 9.59 Å². The first-order valence-electron chi connectivity index (χ1n) is 20.4. The molecule has 0 aromatic heterocycles. The van der Waals surface area contributed by atoms with Gasteiger partial charge < -0.3 is 39.4 Å². The molecule has 2 unspecified atom stereocenters. The van der Waals surface area contributed by atoms with E-state index in [9.17, 15) is 30.0 Å². The molecule has 6 atom stereocenters. The van der Waals surface area contributed by atoms with E-state index in [0.717, 1.165) is 57.8 Å². The number of ether oxygens (including phenoxy) is 4. The smallest absolute Gasteiger partial charge is 0.306 e. The Kier molecular flexibility index (Phi) is 31.0. The monoisotopic (exact) mass is 749 g/mol. The molecule has 304 valence electrons. The van der Waals surface area contributed by atoms with Gasteiger partial charge in [-0.05, 0) is 51.4 Å². The largest absolute Gasteiger partial charge is 0.462 e. The molecule has 1 saturated heterocycles. The van der Waals surface area contributed by atoms with Crippen molar-refractivity contribution < 1.29 is 49.0 Å². The summed E-state index contributed by atoms with van der Waals surface area (Å²) in [6.07, 6.45) is 32.4. The molecule has 53 heavy (non-hydrogen) atoms. The quantitative estimate of drug-likeness (QED) is 0.0304. The van der Waals surface area contributed by atoms with Gasteiger partial charge >= 0.3 is 11.9 Å². The number of carbonyl (C=O) groups is 2. The van der Waals surface area contributed by atoms with E-state index in [0.29, 0.717) is 12.8 Å². The minimum Gasteiger partial charge on any atom is -0.462 e. The Balaban J connectivity index is 2.43. The molecule has 4 N–H and O–H groups in total. The number of esters is 2. The summed E-state index contributed by atoms with van der Waals surface area (Å²) >= 11 is 0. The van der Waals surface area contributed by atoms with Gasteiger partial charge in [0, 0.05) is 12.8 Å². The second kappa shape index (κ2) is 33.9. The van der Waals surface area contributed by atoms with E-state index in [2.05, 4.69) is 68.5 Å². The molecule has 0 saturated carbocycles. The lowest BCUT2D eigenvalue weighted by Gasteiger charge is -2.39. The lowest BCUT2D eigenvalue weighted by molar-refractivity contribution is -0.305. The highest BCUT2D eigenvalue weighted by Crippen LogP contribution is 2.22. The van der Waals surface area contributed by atoms with E-state index in [1.54, 1.807) is 0 Å². The average Bonchev–Trinajstić information content (AvgIpc) is 3.15. The summed E-state index contributed by atoms with van der Waals surface area (Å²) in [5, 5.41) is 39.9. The Hall–Kier alpha value is -2.60. The summed E-state index contributed by atoms with van der Waals surface area (Å²) in [7, 11) is 0. The minimum atomic E-state index is -1.61. The molecule has 0 amide bonds. The van der Waals surface area contributed by atoms with E-state index in [-0.39, 0.29) is 26.1 Å². The lowest BCUT2D eigenvalue weighted by atomic mass is 9.99. The lowest BCUT2D eigenvalue weighted by Crippen LogP contribution is -2.59. The van der Waals surface area contributed by atoms with Crippen molar-refractivity contribution in [3.8, 4) is 0 Å². The maximum Gasteiger partial charge on any atom is 0.306 e. The standard InChI is InChI=1S/C43H72O10/c1-3-5-7-9-11-13-15-16-17-18-19-20-22-24-26-28-30-32-39(46)52-36(35-51-43-42(49)41(48)40(47)37(33-44)53-43)34-50-38(45)31-29-27-25-23-21-14-12-10-8-6-4-2/h5,7,11,13,16-17,19-20,24,26,36-37,40-44,47-49H,3-4,6,8-10,12,14-15,18,21-23,25,27-35H2,1-2H3/b7-5+,13-11+,17-16+,20-19+,26-24+/t36-,37-,40+,41?,42?,43-/m1/s1. The van der Waals surface area contributed by atoms with Crippen LogP contribution in [0.5, 0.6) is 0 Å². The molecule has 0 spiro atoms. The van der Waals surface area contributed by atoms with Crippen molar-refractivity contribution in [2.45, 2.75) is 179 Å². The number of carbonyl (C=O) groups excluding carboxylic acids is 2. The average molecular weight is 749 g/mol. The molecule has 10 heteroatoms. The van der Waals surface area contributed by atoms with E-state index in [1.807, 2.05) is 6.08 Å². The fourth-order valence-electron chi connectivity index (χ4n) is 5.69. The third-order valence-electron chi connectivity index (χ3n) is 8.92. The Morgan fingerprint density at radius 1 is 0.604 bits per heavy atom. The van der Waals surface area contributed by atoms with Crippen molar-refractivity contribution in [1.29, 1.82) is 0 Å². The van der Waals surface area contributed by atoms with Crippen LogP contribution in [0.25, 0.3) is 0 Å². The predicted octanol–water partition coefficient (Wildman–Crippen LogP) is 7.88. The third kappa shape index (κ3) is 25.9. The van der Waals surface area contributed by atoms with Crippen LogP contribution in [-0.2, 0) is 28.5 Å². The van der Waals surface area contributed by atoms with Crippen LogP contribution < -0.4 is 0 Å². The van der Waals surface area contributed by atoms with Gasteiger partial charge in [-0.1, -0.05) is 139 Å². The first-order chi connectivity index (χ1) is 25.8. The van der Waals surface area contributed by atoms with Crippen LogP contribution >= 0.6 is 0 Å². The molecule has 10 nitrogen and oxygen atoms in total. The van der Waals surface area contributed by atoms with Gasteiger partial charge in [0.25, 0.3) is 0 Å². The van der Waals surface area contributed by atoms with Crippen LogP contribution in [0, 0.1) is 0 Å². The van der Waals surface area contributed by atoms with E-state index >= 15 is 0 Å². The zero-order valence-corrected chi connectivity index (χ0v) is 32.7. The highest BCUT2D eigenvalue weighted by molar-refractivity contribution is 5.70. The van der Waals surface area contributed by atoms with Gasteiger partial charge in [0.1, 0.15) is 31.0 Å². The number of allylic oxidation sites excluding steroid dienone is 10. The second-order valence-electron chi connectivity index (χ2n) is 13.7. The van der Waals surface area contributed by atoms with Gasteiger partial charge in [-0.2, -0.15) is 0 Å². The Morgan fingerprint density at radius 3 is 1.66 bits per heavy atom. The molecule has 1 heterocycles. The Morgan fingerprint density at radius 2 is 1.11 bits per heavy atom. The van der Waals surface area contributed by atoms with Crippen LogP contribution in [0.1, 0.15) is 142 Å². The van der Waals surface area contributed by atoms with E-state index < -0.39 is 55.4 Å². The van der Waals surface area contributed by atoms with Gasteiger partial charge in [-0.15, -0.1) is 0 Å². The fourth-order valence-corrected chi connectivity index (χ4v) is 5.69. The number of hydrogen-bond donors (Lipinski definition) is 4. The van der Waals surface area contributed by atoms with Crippen LogP contribution in [0.3, 0.4) is 0 Å². The zero-order valence-electron chi connectivity index (χ0n) is 32.7. The van der Waals surface area contributed by atoms with Crippen LogP contribution in [0.15, 0.2) is 60.8 Å². The summed E-state index contributed by atoms with van der Waals surface area (Å²) in [6, 6.07) is 0. The van der Waals surface area contributed by atoms with Gasteiger partial charge in [-0.25, -0.2) is 0 Å². The molecule has 0 bridgehead atoms. The van der Waals surface area contributed by atoms with Gasteiger partial charge in [0.05, 0.1) is 13.2 Å². The molecule has 0 aliphatic carbocycles. The number of hydrogen-bond acceptors (Lipinski definition) is 10. The molecule has 1 rings (SSSR count). The van der Waals surface area contributed by atoms with Gasteiger partial charge in [0.15, 0.2) is 12.4 Å². The van der Waals surface area contributed by atoms with Crippen molar-refractivity contribution in [3.05, 3.63) is 60.8 Å².